The average Bonchev–Trinajstić information content (AvgIpc) is 3.46. The van der Waals surface area contributed by atoms with Gasteiger partial charge in [0.2, 0.25) is 0 Å². The van der Waals surface area contributed by atoms with Crippen LogP contribution in [0.15, 0.2) is 36.8 Å². The molecule has 28 heavy (non-hydrogen) atoms. The molecule has 2 aliphatic heterocycles. The Balaban J connectivity index is 1.51. The van der Waals surface area contributed by atoms with Crippen molar-refractivity contribution in [3.63, 3.8) is 0 Å². The number of ether oxygens (including phenoxy) is 1. The molecule has 2 fully saturated rings. The van der Waals surface area contributed by atoms with Crippen molar-refractivity contribution >= 4 is 17.2 Å². The molecule has 2 aliphatic rings. The van der Waals surface area contributed by atoms with Crippen LogP contribution in [0.2, 0.25) is 0 Å². The van der Waals surface area contributed by atoms with Gasteiger partial charge >= 0.3 is 0 Å². The Hall–Kier alpha value is -2.60. The third-order valence-electron chi connectivity index (χ3n) is 5.89. The van der Waals surface area contributed by atoms with Gasteiger partial charge in [-0.2, -0.15) is 0 Å². The summed E-state index contributed by atoms with van der Waals surface area (Å²) >= 11 is 0. The number of aryl methyl sites for hydroxylation is 1. The van der Waals surface area contributed by atoms with Gasteiger partial charge < -0.3 is 15.0 Å². The lowest BCUT2D eigenvalue weighted by atomic mass is 10.0. The van der Waals surface area contributed by atoms with Crippen LogP contribution in [-0.2, 0) is 4.74 Å². The van der Waals surface area contributed by atoms with Gasteiger partial charge in [-0.3, -0.25) is 9.38 Å². The number of hydrogen-bond acceptors (Lipinski definition) is 5. The lowest BCUT2D eigenvalue weighted by molar-refractivity contribution is 0.120. The first-order chi connectivity index (χ1) is 13.8. The zero-order valence-electron chi connectivity index (χ0n) is 16.4. The second-order valence-electron chi connectivity index (χ2n) is 7.82. The molecule has 6 nitrogen and oxygen atoms in total. The van der Waals surface area contributed by atoms with Crippen molar-refractivity contribution in [1.29, 1.82) is 0 Å². The highest BCUT2D eigenvalue weighted by atomic mass is 16.5. The van der Waals surface area contributed by atoms with Gasteiger partial charge in [0.15, 0.2) is 5.65 Å². The third-order valence-corrected chi connectivity index (χ3v) is 5.89. The van der Waals surface area contributed by atoms with Gasteiger partial charge in [-0.05, 0) is 50.3 Å². The zero-order chi connectivity index (χ0) is 18.9. The summed E-state index contributed by atoms with van der Waals surface area (Å²) in [5, 5.41) is 3.61. The van der Waals surface area contributed by atoms with Crippen molar-refractivity contribution in [3.8, 4) is 11.3 Å². The van der Waals surface area contributed by atoms with Crippen LogP contribution < -0.4 is 10.2 Å². The molecule has 0 spiro atoms. The molecule has 0 radical (unpaired) electrons. The summed E-state index contributed by atoms with van der Waals surface area (Å²) in [6.45, 7) is 6.17. The Kier molecular flexibility index (Phi) is 4.64. The van der Waals surface area contributed by atoms with Crippen LogP contribution in [0.25, 0.3) is 16.9 Å². The van der Waals surface area contributed by atoms with E-state index in [0.29, 0.717) is 0 Å². The van der Waals surface area contributed by atoms with Crippen molar-refractivity contribution in [2.24, 2.45) is 0 Å². The van der Waals surface area contributed by atoms with Gasteiger partial charge in [0.1, 0.15) is 11.5 Å². The maximum atomic E-state index is 5.80. The predicted octanol–water partition coefficient (Wildman–Crippen LogP) is 3.90. The van der Waals surface area contributed by atoms with E-state index in [0.717, 1.165) is 56.2 Å². The Labute approximate surface area is 165 Å². The van der Waals surface area contributed by atoms with Crippen LogP contribution in [0.4, 0.5) is 11.5 Å². The van der Waals surface area contributed by atoms with Gasteiger partial charge in [-0.1, -0.05) is 6.07 Å². The first kappa shape index (κ1) is 17.5. The van der Waals surface area contributed by atoms with Crippen molar-refractivity contribution < 1.29 is 4.74 Å². The van der Waals surface area contributed by atoms with Crippen molar-refractivity contribution in [3.05, 3.63) is 42.4 Å². The molecule has 6 heteroatoms. The molecule has 2 aromatic heterocycles. The third kappa shape index (κ3) is 3.22. The number of fused-ring (bicyclic) bond motifs is 1. The van der Waals surface area contributed by atoms with E-state index < -0.39 is 0 Å². The summed E-state index contributed by atoms with van der Waals surface area (Å²) in [6.07, 6.45) is 10.7. The van der Waals surface area contributed by atoms with Crippen molar-refractivity contribution in [2.45, 2.75) is 38.7 Å². The van der Waals surface area contributed by atoms with Crippen LogP contribution in [0, 0.1) is 6.92 Å². The smallest absolute Gasteiger partial charge is 0.157 e. The molecule has 2 saturated heterocycles. The Morgan fingerprint density at radius 1 is 1.21 bits per heavy atom. The minimum atomic E-state index is 0.277. The summed E-state index contributed by atoms with van der Waals surface area (Å²) in [4.78, 5) is 11.6. The van der Waals surface area contributed by atoms with E-state index in [9.17, 15) is 0 Å². The fourth-order valence-electron chi connectivity index (χ4n) is 4.36. The number of nitrogens with zero attached hydrogens (tertiary/aromatic N) is 4. The molecule has 3 aromatic rings. The predicted molar refractivity (Wildman–Crippen MR) is 112 cm³/mol. The maximum absolute atomic E-state index is 5.80. The highest BCUT2D eigenvalue weighted by Crippen LogP contribution is 2.33. The monoisotopic (exact) mass is 377 g/mol. The number of nitrogens with one attached hydrogen (secondary N) is 1. The van der Waals surface area contributed by atoms with E-state index in [-0.39, 0.29) is 6.10 Å². The number of anilines is 2. The molecular formula is C22H27N5O. The van der Waals surface area contributed by atoms with E-state index in [1.165, 1.54) is 29.7 Å². The second kappa shape index (κ2) is 7.43. The maximum Gasteiger partial charge on any atom is 0.157 e. The van der Waals surface area contributed by atoms with E-state index >= 15 is 0 Å². The van der Waals surface area contributed by atoms with E-state index in [2.05, 4.69) is 44.7 Å². The zero-order valence-corrected chi connectivity index (χ0v) is 16.4. The number of rotatable bonds is 5. The molecule has 1 N–H and O–H groups in total. The summed E-state index contributed by atoms with van der Waals surface area (Å²) in [7, 11) is 0. The number of hydrogen-bond donors (Lipinski definition) is 1. The first-order valence-corrected chi connectivity index (χ1v) is 10.3. The molecule has 0 saturated carbocycles. The topological polar surface area (TPSA) is 54.7 Å². The van der Waals surface area contributed by atoms with Crippen LogP contribution >= 0.6 is 0 Å². The second-order valence-corrected chi connectivity index (χ2v) is 7.82. The molecule has 4 heterocycles. The summed E-state index contributed by atoms with van der Waals surface area (Å²) < 4.78 is 7.88. The molecule has 1 aromatic carbocycles. The Morgan fingerprint density at radius 2 is 2.11 bits per heavy atom. The summed E-state index contributed by atoms with van der Waals surface area (Å²) in [5.41, 5.74) is 5.58. The molecule has 5 rings (SSSR count). The van der Waals surface area contributed by atoms with Crippen LogP contribution in [-0.4, -0.2) is 46.7 Å². The highest BCUT2D eigenvalue weighted by molar-refractivity contribution is 5.79. The molecule has 146 valence electrons. The average molecular weight is 377 g/mol. The normalized spacial score (nSPS) is 19.6. The van der Waals surface area contributed by atoms with Gasteiger partial charge in [0.05, 0.1) is 12.3 Å². The van der Waals surface area contributed by atoms with Crippen molar-refractivity contribution in [1.82, 2.24) is 14.4 Å². The molecule has 0 amide bonds. The lowest BCUT2D eigenvalue weighted by Crippen LogP contribution is -2.19. The number of aromatic nitrogens is 3. The minimum absolute atomic E-state index is 0.277. The summed E-state index contributed by atoms with van der Waals surface area (Å²) in [6, 6.07) is 6.75. The largest absolute Gasteiger partial charge is 0.376 e. The number of imidazole rings is 1. The van der Waals surface area contributed by atoms with E-state index in [4.69, 9.17) is 9.72 Å². The quantitative estimate of drug-likeness (QED) is 0.731. The molecule has 0 bridgehead atoms. The number of benzene rings is 1. The molecule has 1 atom stereocenters. The van der Waals surface area contributed by atoms with Gasteiger partial charge in [0, 0.05) is 49.9 Å². The van der Waals surface area contributed by atoms with Crippen LogP contribution in [0.5, 0.6) is 0 Å². The van der Waals surface area contributed by atoms with Gasteiger partial charge in [-0.15, -0.1) is 0 Å². The Morgan fingerprint density at radius 3 is 2.89 bits per heavy atom. The van der Waals surface area contributed by atoms with Gasteiger partial charge in [-0.25, -0.2) is 4.98 Å². The van der Waals surface area contributed by atoms with Crippen molar-refractivity contribution in [2.75, 3.05) is 36.5 Å². The standard InChI is InChI=1S/C22H27N5O/c1-16-13-17(26-9-2-3-10-26)6-7-19(16)21-22(24-14-18-5-4-12-28-18)27-11-8-23-15-20(27)25-21/h6-8,11,13,15,18,24H,2-5,9-10,12,14H2,1H3/t18-/m0/s1. The lowest BCUT2D eigenvalue weighted by Gasteiger charge is -2.19. The first-order valence-electron chi connectivity index (χ1n) is 10.3. The SMILES string of the molecule is Cc1cc(N2CCCC2)ccc1-c1nc2cnccn2c1NC[C@@H]1CCCO1. The van der Waals surface area contributed by atoms with Gasteiger partial charge in [0.25, 0.3) is 0 Å². The highest BCUT2D eigenvalue weighted by Gasteiger charge is 2.20. The van der Waals surface area contributed by atoms with Crippen LogP contribution in [0.1, 0.15) is 31.2 Å². The molecular weight excluding hydrogens is 350 g/mol. The van der Waals surface area contributed by atoms with Crippen LogP contribution in [0.3, 0.4) is 0 Å². The Bertz CT molecular complexity index is 970. The fourth-order valence-corrected chi connectivity index (χ4v) is 4.36. The molecule has 0 aliphatic carbocycles. The van der Waals surface area contributed by atoms with E-state index in [1.807, 2.05) is 12.4 Å². The molecule has 0 unspecified atom stereocenters. The minimum Gasteiger partial charge on any atom is -0.376 e. The van der Waals surface area contributed by atoms with E-state index in [1.54, 1.807) is 6.20 Å². The fraction of sp³-hybridized carbons (Fsp3) is 0.455. The summed E-state index contributed by atoms with van der Waals surface area (Å²) in [5.74, 6) is 1.02.